The fraction of sp³-hybridized carbons (Fsp3) is 0.457. The number of aryl methyl sites for hydroxylation is 4. The van der Waals surface area contributed by atoms with Gasteiger partial charge in [-0.3, -0.25) is 4.79 Å². The molecule has 2 unspecified atom stereocenters. The van der Waals surface area contributed by atoms with Gasteiger partial charge in [0.25, 0.3) is 5.91 Å². The Morgan fingerprint density at radius 3 is 2.05 bits per heavy atom. The fourth-order valence-corrected chi connectivity index (χ4v) is 5.09. The van der Waals surface area contributed by atoms with Crippen LogP contribution in [0.1, 0.15) is 60.8 Å². The molecule has 0 spiro atoms. The first-order valence-electron chi connectivity index (χ1n) is 15.1. The zero-order chi connectivity index (χ0) is 31.2. The van der Waals surface area contributed by atoms with Crippen molar-refractivity contribution >= 4 is 28.6 Å². The third-order valence-electron chi connectivity index (χ3n) is 7.78. The number of aliphatic carboxylic acids is 2. The molecule has 0 bridgehead atoms. The van der Waals surface area contributed by atoms with E-state index >= 15 is 0 Å². The molecule has 0 saturated heterocycles. The van der Waals surface area contributed by atoms with Crippen LogP contribution in [-0.4, -0.2) is 72.0 Å². The maximum Gasteiger partial charge on any atom is 0.336 e. The first-order chi connectivity index (χ1) is 20.7. The van der Waals surface area contributed by atoms with E-state index in [9.17, 15) is 19.5 Å². The largest absolute Gasteiger partial charge is 0.480 e. The van der Waals surface area contributed by atoms with Crippen LogP contribution in [-0.2, 0) is 36.7 Å². The van der Waals surface area contributed by atoms with Gasteiger partial charge in [-0.25, -0.2) is 9.59 Å². The summed E-state index contributed by atoms with van der Waals surface area (Å²) in [6.45, 7) is 3.95. The molecule has 0 radical (unpaired) electrons. The van der Waals surface area contributed by atoms with Gasteiger partial charge in [0, 0.05) is 20.2 Å². The number of carboxylic acids is 2. The Kier molecular flexibility index (Phi) is 13.6. The normalized spacial score (nSPS) is 12.6. The van der Waals surface area contributed by atoms with Gasteiger partial charge >= 0.3 is 11.9 Å². The van der Waals surface area contributed by atoms with E-state index in [0.717, 1.165) is 44.9 Å². The van der Waals surface area contributed by atoms with Crippen LogP contribution in [0.2, 0.25) is 0 Å². The number of hydrogen-bond acceptors (Lipinski definition) is 5. The van der Waals surface area contributed by atoms with Gasteiger partial charge in [-0.2, -0.15) is 0 Å². The number of fused-ring (bicyclic) bond motifs is 1. The molecule has 0 aliphatic heterocycles. The van der Waals surface area contributed by atoms with Gasteiger partial charge < -0.3 is 24.6 Å². The highest BCUT2D eigenvalue weighted by Gasteiger charge is 2.37. The molecule has 43 heavy (non-hydrogen) atoms. The first kappa shape index (κ1) is 33.7. The lowest BCUT2D eigenvalue weighted by molar-refractivity contribution is -0.175. The molecule has 0 fully saturated rings. The van der Waals surface area contributed by atoms with Crippen LogP contribution >= 0.6 is 0 Å². The Labute approximate surface area is 254 Å². The van der Waals surface area contributed by atoms with E-state index in [2.05, 4.69) is 62.4 Å². The van der Waals surface area contributed by atoms with Crippen LogP contribution in [0.4, 0.5) is 0 Å². The molecule has 2 atom stereocenters. The van der Waals surface area contributed by atoms with Gasteiger partial charge in [0.1, 0.15) is 6.61 Å². The van der Waals surface area contributed by atoms with Crippen molar-refractivity contribution in [1.29, 1.82) is 0 Å². The summed E-state index contributed by atoms with van der Waals surface area (Å²) in [5.74, 6) is -3.27. The van der Waals surface area contributed by atoms with Gasteiger partial charge in [-0.1, -0.05) is 73.5 Å². The predicted octanol–water partition coefficient (Wildman–Crippen LogP) is 5.98. The number of ether oxygens (including phenoxy) is 2. The Bertz CT molecular complexity index is 1360. The van der Waals surface area contributed by atoms with Crippen molar-refractivity contribution in [2.75, 3.05) is 26.8 Å². The van der Waals surface area contributed by atoms with Gasteiger partial charge in [0.15, 0.2) is 12.2 Å². The second-order valence-electron chi connectivity index (χ2n) is 11.2. The monoisotopic (exact) mass is 591 g/mol. The molecule has 0 heterocycles. The third-order valence-corrected chi connectivity index (χ3v) is 7.78. The number of carbonyl (C=O) groups excluding carboxylic acids is 1. The Hall–Kier alpha value is -3.75. The van der Waals surface area contributed by atoms with E-state index in [1.54, 1.807) is 7.05 Å². The highest BCUT2D eigenvalue weighted by atomic mass is 16.6. The Morgan fingerprint density at radius 2 is 1.37 bits per heavy atom. The van der Waals surface area contributed by atoms with Crippen molar-refractivity contribution < 1.29 is 34.1 Å². The lowest BCUT2D eigenvalue weighted by atomic mass is 10.0. The molecule has 0 aromatic heterocycles. The fourth-order valence-electron chi connectivity index (χ4n) is 5.09. The lowest BCUT2D eigenvalue weighted by Gasteiger charge is -2.27. The number of carbonyl (C=O) groups is 3. The zero-order valence-electron chi connectivity index (χ0n) is 25.6. The summed E-state index contributed by atoms with van der Waals surface area (Å²) in [4.78, 5) is 37.8. The molecular weight excluding hydrogens is 546 g/mol. The van der Waals surface area contributed by atoms with E-state index < -0.39 is 36.7 Å². The zero-order valence-corrected chi connectivity index (χ0v) is 25.6. The molecule has 3 aromatic carbocycles. The average molecular weight is 592 g/mol. The van der Waals surface area contributed by atoms with Gasteiger partial charge in [-0.15, -0.1) is 0 Å². The topological polar surface area (TPSA) is 113 Å². The molecule has 2 N–H and O–H groups in total. The summed E-state index contributed by atoms with van der Waals surface area (Å²) in [6, 6.07) is 21.2. The smallest absolute Gasteiger partial charge is 0.336 e. The van der Waals surface area contributed by atoms with Crippen LogP contribution in [0.25, 0.3) is 10.8 Å². The molecule has 8 heteroatoms. The van der Waals surface area contributed by atoms with Crippen LogP contribution < -0.4 is 0 Å². The minimum atomic E-state index is -1.71. The van der Waals surface area contributed by atoms with Crippen molar-refractivity contribution in [2.24, 2.45) is 0 Å². The van der Waals surface area contributed by atoms with E-state index in [-0.39, 0.29) is 6.61 Å². The predicted molar refractivity (Wildman–Crippen MR) is 167 cm³/mol. The second-order valence-corrected chi connectivity index (χ2v) is 11.2. The van der Waals surface area contributed by atoms with Crippen molar-refractivity contribution in [3.63, 3.8) is 0 Å². The number of nitrogens with zero attached hydrogens (tertiary/aromatic N) is 1. The number of hydrogen-bond donors (Lipinski definition) is 2. The van der Waals surface area contributed by atoms with Crippen LogP contribution in [0.15, 0.2) is 60.7 Å². The van der Waals surface area contributed by atoms with Crippen molar-refractivity contribution in [3.05, 3.63) is 82.9 Å². The van der Waals surface area contributed by atoms with E-state index in [0.29, 0.717) is 13.0 Å². The van der Waals surface area contributed by atoms with Crippen molar-refractivity contribution in [1.82, 2.24) is 4.90 Å². The molecule has 1 amide bonds. The number of benzene rings is 3. The third kappa shape index (κ3) is 11.1. The molecule has 0 aliphatic rings. The summed E-state index contributed by atoms with van der Waals surface area (Å²) in [5, 5.41) is 21.2. The summed E-state index contributed by atoms with van der Waals surface area (Å²) >= 11 is 0. The average Bonchev–Trinajstić information content (AvgIpc) is 2.98. The number of likely N-dealkylation sites (N-methyl/N-ethyl adjacent to an activating group) is 1. The SMILES string of the molecule is Cc1ccc(CCCCCOC(C(=O)N(C)CCCCCc2ccc3ccccc3c2)C(OCC(=O)O)C(=O)O)cc1C. The highest BCUT2D eigenvalue weighted by molar-refractivity contribution is 5.88. The molecule has 0 saturated carbocycles. The summed E-state index contributed by atoms with van der Waals surface area (Å²) < 4.78 is 10.9. The second kappa shape index (κ2) is 17.4. The molecule has 3 aromatic rings. The van der Waals surface area contributed by atoms with Crippen LogP contribution in [0.3, 0.4) is 0 Å². The minimum Gasteiger partial charge on any atom is -0.480 e. The molecule has 232 valence electrons. The summed E-state index contributed by atoms with van der Waals surface area (Å²) in [5.41, 5.74) is 5.06. The standard InChI is InChI=1S/C35H45NO7/c1-25-16-17-27(22-26(25)2)12-7-5-11-21-42-32(33(35(40)41)43-24-31(37)38)34(39)36(3)20-10-4-6-13-28-18-19-29-14-8-9-15-30(29)23-28/h8-9,14-19,22-23,32-33H,4-7,10-13,20-21,24H2,1-3H3,(H,37,38)(H,40,41). The molecule has 0 aliphatic carbocycles. The molecular formula is C35H45NO7. The van der Waals surface area contributed by atoms with E-state index in [1.807, 2.05) is 12.1 Å². The Balaban J connectivity index is 1.48. The lowest BCUT2D eigenvalue weighted by Crippen LogP contribution is -2.50. The number of rotatable bonds is 19. The van der Waals surface area contributed by atoms with Crippen LogP contribution in [0.5, 0.6) is 0 Å². The van der Waals surface area contributed by atoms with E-state index in [4.69, 9.17) is 14.6 Å². The molecule has 3 rings (SSSR count). The summed E-state index contributed by atoms with van der Waals surface area (Å²) in [7, 11) is 1.61. The maximum atomic E-state index is 13.3. The minimum absolute atomic E-state index is 0.170. The first-order valence-corrected chi connectivity index (χ1v) is 15.1. The molecule has 8 nitrogen and oxygen atoms in total. The van der Waals surface area contributed by atoms with Gasteiger partial charge in [-0.05, 0) is 85.4 Å². The van der Waals surface area contributed by atoms with Gasteiger partial charge in [0.2, 0.25) is 0 Å². The number of amides is 1. The van der Waals surface area contributed by atoms with Crippen LogP contribution in [0, 0.1) is 13.8 Å². The summed E-state index contributed by atoms with van der Waals surface area (Å²) in [6.07, 6.45) is 3.72. The maximum absolute atomic E-state index is 13.3. The van der Waals surface area contributed by atoms with Gasteiger partial charge in [0.05, 0.1) is 0 Å². The van der Waals surface area contributed by atoms with Crippen molar-refractivity contribution in [3.8, 4) is 0 Å². The Morgan fingerprint density at radius 1 is 0.721 bits per heavy atom. The highest BCUT2D eigenvalue weighted by Crippen LogP contribution is 2.18. The van der Waals surface area contributed by atoms with Crippen molar-refractivity contribution in [2.45, 2.75) is 77.4 Å². The number of unbranched alkanes of at least 4 members (excludes halogenated alkanes) is 4. The quantitative estimate of drug-likeness (QED) is 0.165. The van der Waals surface area contributed by atoms with E-state index in [1.165, 1.54) is 37.9 Å². The number of carboxylic acid groups (broad SMARTS) is 2.